The second kappa shape index (κ2) is 8.86. The third kappa shape index (κ3) is 4.72. The summed E-state index contributed by atoms with van der Waals surface area (Å²) in [6, 6.07) is 5.73. The molecule has 2 aliphatic rings. The van der Waals surface area contributed by atoms with Crippen molar-refractivity contribution in [2.45, 2.75) is 47.1 Å². The van der Waals surface area contributed by atoms with Gasteiger partial charge in [-0.25, -0.2) is 4.39 Å². The Balaban J connectivity index is 2.07. The minimum atomic E-state index is -0.159. The van der Waals surface area contributed by atoms with Gasteiger partial charge in [0.05, 0.1) is 5.70 Å². The van der Waals surface area contributed by atoms with Crippen molar-refractivity contribution in [2.75, 3.05) is 13.6 Å². The van der Waals surface area contributed by atoms with Gasteiger partial charge in [0.1, 0.15) is 5.82 Å². The van der Waals surface area contributed by atoms with E-state index in [1.165, 1.54) is 16.7 Å². The predicted molar refractivity (Wildman–Crippen MR) is 122 cm³/mol. The summed E-state index contributed by atoms with van der Waals surface area (Å²) in [5.74, 6) is 0.492. The highest BCUT2D eigenvalue weighted by Crippen LogP contribution is 2.36. The smallest absolute Gasteiger partial charge is 0.126 e. The van der Waals surface area contributed by atoms with Crippen molar-refractivity contribution in [2.24, 2.45) is 5.92 Å². The van der Waals surface area contributed by atoms with E-state index in [2.05, 4.69) is 81.2 Å². The van der Waals surface area contributed by atoms with E-state index in [0.29, 0.717) is 17.5 Å². The molecule has 1 atom stereocenters. The van der Waals surface area contributed by atoms with Crippen LogP contribution in [0.25, 0.3) is 5.70 Å². The van der Waals surface area contributed by atoms with Crippen molar-refractivity contribution in [1.82, 2.24) is 9.80 Å². The van der Waals surface area contributed by atoms with Crippen LogP contribution in [0.5, 0.6) is 0 Å². The Morgan fingerprint density at radius 1 is 1.24 bits per heavy atom. The summed E-state index contributed by atoms with van der Waals surface area (Å²) in [4.78, 5) is 4.53. The zero-order valence-corrected chi connectivity index (χ0v) is 18.5. The summed E-state index contributed by atoms with van der Waals surface area (Å²) >= 11 is 0. The number of likely N-dealkylation sites (N-methyl/N-ethyl adjacent to an activating group) is 1. The summed E-state index contributed by atoms with van der Waals surface area (Å²) in [7, 11) is 2.10. The molecular weight excluding hydrogens is 359 g/mol. The first-order valence-corrected chi connectivity index (χ1v) is 10.5. The molecule has 3 heteroatoms. The Morgan fingerprint density at radius 2 is 2.00 bits per heavy atom. The predicted octanol–water partition coefficient (Wildman–Crippen LogP) is 6.44. The summed E-state index contributed by atoms with van der Waals surface area (Å²) in [5.41, 5.74) is 6.56. The molecule has 0 saturated carbocycles. The monoisotopic (exact) mass is 392 g/mol. The molecule has 0 spiro atoms. The molecule has 2 nitrogen and oxygen atoms in total. The molecule has 29 heavy (non-hydrogen) atoms. The first-order chi connectivity index (χ1) is 13.8. The number of aryl methyl sites for hydroxylation is 1. The summed E-state index contributed by atoms with van der Waals surface area (Å²) in [6.45, 7) is 11.5. The Morgan fingerprint density at radius 3 is 2.69 bits per heavy atom. The maximum atomic E-state index is 13.9. The van der Waals surface area contributed by atoms with E-state index < -0.39 is 0 Å². The zero-order chi connectivity index (χ0) is 21.1. The summed E-state index contributed by atoms with van der Waals surface area (Å²) < 4.78 is 13.9. The van der Waals surface area contributed by atoms with Gasteiger partial charge in [0.2, 0.25) is 0 Å². The average molecular weight is 393 g/mol. The van der Waals surface area contributed by atoms with Crippen LogP contribution in [0.3, 0.4) is 0 Å². The molecule has 1 unspecified atom stereocenters. The SMILES string of the molecule is CC1=CC(C)N(/C=C\CC(C)C)C=C1C1=C(c2ccc(F)c(C)c2)N(C)CC=C1. The number of nitrogens with zero attached hydrogens (tertiary/aromatic N) is 2. The minimum absolute atomic E-state index is 0.159. The number of halogens is 1. The third-order valence-electron chi connectivity index (χ3n) is 5.57. The maximum absolute atomic E-state index is 13.9. The van der Waals surface area contributed by atoms with Gasteiger partial charge in [-0.2, -0.15) is 0 Å². The highest BCUT2D eigenvalue weighted by atomic mass is 19.1. The lowest BCUT2D eigenvalue weighted by molar-refractivity contribution is 0.438. The van der Waals surface area contributed by atoms with Gasteiger partial charge in [-0.1, -0.05) is 38.2 Å². The highest BCUT2D eigenvalue weighted by Gasteiger charge is 2.23. The zero-order valence-electron chi connectivity index (χ0n) is 18.5. The van der Waals surface area contributed by atoms with Crippen molar-refractivity contribution in [1.29, 1.82) is 0 Å². The topological polar surface area (TPSA) is 6.48 Å². The van der Waals surface area contributed by atoms with E-state index in [-0.39, 0.29) is 5.82 Å². The van der Waals surface area contributed by atoms with Gasteiger partial charge in [-0.3, -0.25) is 0 Å². The Hall–Kier alpha value is -2.55. The van der Waals surface area contributed by atoms with Crippen LogP contribution in [0.4, 0.5) is 4.39 Å². The Kier molecular flexibility index (Phi) is 6.46. The first kappa shape index (κ1) is 21.2. The largest absolute Gasteiger partial charge is 0.370 e. The molecule has 0 aliphatic carbocycles. The van der Waals surface area contributed by atoms with Crippen molar-refractivity contribution >= 4 is 5.70 Å². The Labute approximate surface area is 175 Å². The lowest BCUT2D eigenvalue weighted by Gasteiger charge is -2.33. The van der Waals surface area contributed by atoms with Gasteiger partial charge in [0.15, 0.2) is 0 Å². The van der Waals surface area contributed by atoms with Crippen molar-refractivity contribution in [3.05, 3.63) is 88.6 Å². The van der Waals surface area contributed by atoms with Crippen molar-refractivity contribution < 1.29 is 4.39 Å². The van der Waals surface area contributed by atoms with Gasteiger partial charge in [0.25, 0.3) is 0 Å². The van der Waals surface area contributed by atoms with Gasteiger partial charge in [0, 0.05) is 43.2 Å². The standard InChI is InChI=1S/C26H33FN2/c1-18(2)9-7-14-29-17-24(19(3)15-21(29)5)23-10-8-13-28(6)26(23)22-11-12-25(27)20(4)16-22/h7-8,10-12,14-18,21H,9,13H2,1-6H3/b14-7-. The molecule has 0 aromatic heterocycles. The molecule has 0 bridgehead atoms. The number of hydrogen-bond donors (Lipinski definition) is 0. The second-order valence-corrected chi connectivity index (χ2v) is 8.60. The molecule has 3 rings (SSSR count). The van der Waals surface area contributed by atoms with Crippen molar-refractivity contribution in [3.8, 4) is 0 Å². The molecule has 0 radical (unpaired) electrons. The highest BCUT2D eigenvalue weighted by molar-refractivity contribution is 5.77. The summed E-state index contributed by atoms with van der Waals surface area (Å²) in [6.07, 6.45) is 14.5. The van der Waals surface area contributed by atoms with Crippen LogP contribution in [0.15, 0.2) is 71.6 Å². The number of benzene rings is 1. The molecule has 0 fully saturated rings. The molecule has 1 aromatic carbocycles. The van der Waals surface area contributed by atoms with Gasteiger partial charge < -0.3 is 9.80 Å². The number of rotatable bonds is 5. The molecule has 2 aliphatic heterocycles. The molecule has 0 saturated heterocycles. The fraction of sp³-hybridized carbons (Fsp3) is 0.385. The maximum Gasteiger partial charge on any atom is 0.126 e. The van der Waals surface area contributed by atoms with Crippen LogP contribution in [0.1, 0.15) is 45.2 Å². The van der Waals surface area contributed by atoms with E-state index >= 15 is 0 Å². The van der Waals surface area contributed by atoms with Crippen LogP contribution in [-0.2, 0) is 0 Å². The van der Waals surface area contributed by atoms with Crippen LogP contribution >= 0.6 is 0 Å². The lowest BCUT2D eigenvalue weighted by Crippen LogP contribution is -2.27. The van der Waals surface area contributed by atoms with Crippen LogP contribution in [-0.4, -0.2) is 29.4 Å². The molecule has 0 amide bonds. The van der Waals surface area contributed by atoms with Crippen LogP contribution in [0.2, 0.25) is 0 Å². The number of allylic oxidation sites excluding steroid dienone is 5. The third-order valence-corrected chi connectivity index (χ3v) is 5.57. The van der Waals surface area contributed by atoms with Crippen LogP contribution in [0, 0.1) is 18.7 Å². The van der Waals surface area contributed by atoms with Crippen LogP contribution < -0.4 is 0 Å². The normalized spacial score (nSPS) is 20.1. The van der Waals surface area contributed by atoms with E-state index in [0.717, 1.165) is 24.2 Å². The second-order valence-electron chi connectivity index (χ2n) is 8.60. The molecule has 0 N–H and O–H groups in total. The first-order valence-electron chi connectivity index (χ1n) is 10.5. The fourth-order valence-electron chi connectivity index (χ4n) is 3.91. The molecular formula is C26H33FN2. The summed E-state index contributed by atoms with van der Waals surface area (Å²) in [5, 5.41) is 0. The van der Waals surface area contributed by atoms with Crippen molar-refractivity contribution in [3.63, 3.8) is 0 Å². The quantitative estimate of drug-likeness (QED) is 0.569. The average Bonchev–Trinajstić information content (AvgIpc) is 2.65. The lowest BCUT2D eigenvalue weighted by atomic mass is 9.89. The van der Waals surface area contributed by atoms with Gasteiger partial charge in [-0.15, -0.1) is 0 Å². The van der Waals surface area contributed by atoms with Gasteiger partial charge >= 0.3 is 0 Å². The number of hydrogen-bond acceptors (Lipinski definition) is 2. The molecule has 1 aromatic rings. The van der Waals surface area contributed by atoms with E-state index in [1.807, 2.05) is 19.1 Å². The van der Waals surface area contributed by atoms with Gasteiger partial charge in [-0.05, 0) is 68.0 Å². The molecule has 2 heterocycles. The minimum Gasteiger partial charge on any atom is -0.370 e. The van der Waals surface area contributed by atoms with E-state index in [9.17, 15) is 4.39 Å². The fourth-order valence-corrected chi connectivity index (χ4v) is 3.91. The molecule has 154 valence electrons. The Bertz CT molecular complexity index is 915. The van der Waals surface area contributed by atoms with E-state index in [4.69, 9.17) is 0 Å². The van der Waals surface area contributed by atoms with E-state index in [1.54, 1.807) is 6.07 Å².